The minimum Gasteiger partial charge on any atom is -0.398 e. The highest BCUT2D eigenvalue weighted by atomic mass is 19.1. The van der Waals surface area contributed by atoms with Crippen LogP contribution in [0.1, 0.15) is 45.7 Å². The Hall–Kier alpha value is -3.61. The summed E-state index contributed by atoms with van der Waals surface area (Å²) in [7, 11) is -0.498. The number of piperazine rings is 1. The predicted octanol–water partition coefficient (Wildman–Crippen LogP) is 2.74. The molecular weight excluding hydrogens is 510 g/mol. The Morgan fingerprint density at radius 2 is 1.50 bits per heavy atom. The molecule has 5 heterocycles. The van der Waals surface area contributed by atoms with E-state index < -0.39 is 23.9 Å². The van der Waals surface area contributed by atoms with Crippen LogP contribution in [0.25, 0.3) is 11.0 Å². The summed E-state index contributed by atoms with van der Waals surface area (Å²) in [6.45, 7) is 13.0. The molecule has 1 aromatic carbocycles. The highest BCUT2D eigenvalue weighted by molar-refractivity contribution is 6.61. The monoisotopic (exact) mass is 544 g/mol. The molecular formula is C28H34BFN8O2. The van der Waals surface area contributed by atoms with Gasteiger partial charge >= 0.3 is 7.12 Å². The zero-order valence-electron chi connectivity index (χ0n) is 23.5. The van der Waals surface area contributed by atoms with Gasteiger partial charge in [0.1, 0.15) is 23.6 Å². The van der Waals surface area contributed by atoms with Crippen LogP contribution in [0.4, 0.5) is 16.2 Å². The Balaban J connectivity index is 1.15. The summed E-state index contributed by atoms with van der Waals surface area (Å²) < 4.78 is 25.8. The Bertz CT molecular complexity index is 1500. The molecule has 0 radical (unpaired) electrons. The first kappa shape index (κ1) is 26.6. The van der Waals surface area contributed by atoms with Crippen LogP contribution < -0.4 is 21.1 Å². The zero-order chi connectivity index (χ0) is 28.3. The number of H-pyrrole nitrogens is 1. The first-order valence-corrected chi connectivity index (χ1v) is 13.5. The molecule has 10 nitrogen and oxygen atoms in total. The van der Waals surface area contributed by atoms with Gasteiger partial charge in [-0.1, -0.05) is 12.1 Å². The van der Waals surface area contributed by atoms with Gasteiger partial charge in [-0.2, -0.15) is 0 Å². The maximum absolute atomic E-state index is 13.4. The third-order valence-corrected chi connectivity index (χ3v) is 8.48. The Labute approximate surface area is 233 Å². The normalized spacial score (nSPS) is 20.2. The maximum Gasteiger partial charge on any atom is 0.512 e. The molecule has 3 N–H and O–H groups in total. The van der Waals surface area contributed by atoms with Crippen molar-refractivity contribution in [2.45, 2.75) is 51.4 Å². The second kappa shape index (κ2) is 9.50. The molecule has 3 aromatic heterocycles. The summed E-state index contributed by atoms with van der Waals surface area (Å²) in [5, 5.41) is 0.935. The largest absolute Gasteiger partial charge is 0.512 e. The van der Waals surface area contributed by atoms with Crippen LogP contribution in [-0.4, -0.2) is 69.4 Å². The van der Waals surface area contributed by atoms with Gasteiger partial charge in [-0.3, -0.25) is 0 Å². The number of hydrogen-bond donors (Lipinski definition) is 2. The number of nitrogens with two attached hydrogens (primary N) is 1. The molecule has 1 atom stereocenters. The van der Waals surface area contributed by atoms with Crippen molar-refractivity contribution in [2.24, 2.45) is 5.73 Å². The Kier molecular flexibility index (Phi) is 6.32. The minimum absolute atomic E-state index is 0.296. The van der Waals surface area contributed by atoms with Crippen LogP contribution in [0.15, 0.2) is 49.1 Å². The van der Waals surface area contributed by atoms with Crippen molar-refractivity contribution in [1.29, 1.82) is 0 Å². The summed E-state index contributed by atoms with van der Waals surface area (Å²) in [4.78, 5) is 26.1. The quantitative estimate of drug-likeness (QED) is 0.366. The van der Waals surface area contributed by atoms with E-state index in [-0.39, 0.29) is 5.82 Å². The molecule has 0 aliphatic carbocycles. The standard InChI is InChI=1S/C28H34BFN8O2/c1-26(2)27(3,4)40-29(39-26)22-14-21-23(36-22)34-17-35-24(21)37-10-12-38(13-11-37)25-32-15-19(16-33-25)28(5,31)18-6-8-20(30)9-7-18/h6-9,14-17H,10-13,31H2,1-5H3,(H,34,35,36)/t28-/m0/s1. The van der Waals surface area contributed by atoms with Crippen molar-refractivity contribution in [3.63, 3.8) is 0 Å². The fraction of sp³-hybridized carbons (Fsp3) is 0.429. The fourth-order valence-corrected chi connectivity index (χ4v) is 5.13. The second-order valence-corrected chi connectivity index (χ2v) is 11.7. The van der Waals surface area contributed by atoms with Crippen LogP contribution in [-0.2, 0) is 14.8 Å². The van der Waals surface area contributed by atoms with E-state index in [0.29, 0.717) is 5.95 Å². The molecule has 2 aliphatic heterocycles. The van der Waals surface area contributed by atoms with Gasteiger partial charge in [-0.15, -0.1) is 0 Å². The average molecular weight is 544 g/mol. The van der Waals surface area contributed by atoms with Crippen LogP contribution in [0.3, 0.4) is 0 Å². The Morgan fingerprint density at radius 3 is 2.12 bits per heavy atom. The number of anilines is 2. The van der Waals surface area contributed by atoms with Gasteiger partial charge in [-0.25, -0.2) is 24.3 Å². The molecule has 0 amide bonds. The van der Waals surface area contributed by atoms with Gasteiger partial charge in [-0.05, 0) is 58.4 Å². The van der Waals surface area contributed by atoms with Gasteiger partial charge in [0.15, 0.2) is 0 Å². The van der Waals surface area contributed by atoms with Crippen LogP contribution in [0, 0.1) is 5.82 Å². The first-order valence-electron chi connectivity index (χ1n) is 13.5. The molecule has 208 valence electrons. The number of aromatic nitrogens is 5. The highest BCUT2D eigenvalue weighted by Crippen LogP contribution is 2.37. The van der Waals surface area contributed by atoms with Crippen molar-refractivity contribution >= 4 is 35.5 Å². The lowest BCUT2D eigenvalue weighted by molar-refractivity contribution is 0.00578. The lowest BCUT2D eigenvalue weighted by Crippen LogP contribution is -2.47. The first-order chi connectivity index (χ1) is 18.9. The van der Waals surface area contributed by atoms with Crippen molar-refractivity contribution in [3.05, 3.63) is 66.0 Å². The predicted molar refractivity (Wildman–Crippen MR) is 153 cm³/mol. The van der Waals surface area contributed by atoms with Crippen LogP contribution in [0.5, 0.6) is 0 Å². The molecule has 2 fully saturated rings. The number of nitrogens with one attached hydrogen (secondary N) is 1. The average Bonchev–Trinajstić information content (AvgIpc) is 3.46. The lowest BCUT2D eigenvalue weighted by Gasteiger charge is -2.35. The molecule has 2 saturated heterocycles. The van der Waals surface area contributed by atoms with Crippen molar-refractivity contribution in [3.8, 4) is 0 Å². The topological polar surface area (TPSA) is 118 Å². The number of nitrogens with zero attached hydrogens (tertiary/aromatic N) is 6. The van der Waals surface area contributed by atoms with E-state index in [1.807, 2.05) is 40.7 Å². The summed E-state index contributed by atoms with van der Waals surface area (Å²) in [5.41, 5.74) is 8.03. The molecule has 0 unspecified atom stereocenters. The number of benzene rings is 1. The molecule has 0 spiro atoms. The van der Waals surface area contributed by atoms with E-state index in [2.05, 4.69) is 34.7 Å². The summed E-state index contributed by atoms with van der Waals surface area (Å²) >= 11 is 0. The van der Waals surface area contributed by atoms with Crippen molar-refractivity contribution in [2.75, 3.05) is 36.0 Å². The van der Waals surface area contributed by atoms with Crippen LogP contribution >= 0.6 is 0 Å². The van der Waals surface area contributed by atoms with Gasteiger partial charge in [0.25, 0.3) is 0 Å². The molecule has 12 heteroatoms. The van der Waals surface area contributed by atoms with E-state index in [1.54, 1.807) is 30.9 Å². The van der Waals surface area contributed by atoms with E-state index in [9.17, 15) is 4.39 Å². The van der Waals surface area contributed by atoms with Crippen molar-refractivity contribution < 1.29 is 13.7 Å². The van der Waals surface area contributed by atoms with Crippen molar-refractivity contribution in [1.82, 2.24) is 24.9 Å². The molecule has 4 aromatic rings. The van der Waals surface area contributed by atoms with E-state index >= 15 is 0 Å². The van der Waals surface area contributed by atoms with E-state index in [4.69, 9.17) is 15.0 Å². The van der Waals surface area contributed by atoms with Gasteiger partial charge < -0.3 is 29.8 Å². The minimum atomic E-state index is -0.835. The third-order valence-electron chi connectivity index (χ3n) is 8.48. The van der Waals surface area contributed by atoms with Gasteiger partial charge in [0.05, 0.1) is 22.1 Å². The summed E-state index contributed by atoms with van der Waals surface area (Å²) in [6.07, 6.45) is 5.09. The molecule has 40 heavy (non-hydrogen) atoms. The smallest absolute Gasteiger partial charge is 0.398 e. The van der Waals surface area contributed by atoms with Gasteiger partial charge in [0.2, 0.25) is 5.95 Å². The lowest BCUT2D eigenvalue weighted by atomic mass is 9.85. The molecule has 0 bridgehead atoms. The van der Waals surface area contributed by atoms with E-state index in [1.165, 1.54) is 12.1 Å². The maximum atomic E-state index is 13.4. The third kappa shape index (κ3) is 4.59. The van der Waals surface area contributed by atoms with Crippen LogP contribution in [0.2, 0.25) is 0 Å². The molecule has 0 saturated carbocycles. The summed E-state index contributed by atoms with van der Waals surface area (Å²) in [5.74, 6) is 1.23. The second-order valence-electron chi connectivity index (χ2n) is 11.7. The SMILES string of the molecule is CC1(C)OB(c2cc3c(N4CCN(c5ncc([C@@](C)(N)c6ccc(F)cc6)cn5)CC4)ncnc3[nH]2)OC1(C)C. The summed E-state index contributed by atoms with van der Waals surface area (Å²) in [6, 6.07) is 8.23. The highest BCUT2D eigenvalue weighted by Gasteiger charge is 2.52. The Morgan fingerprint density at radius 1 is 0.900 bits per heavy atom. The zero-order valence-corrected chi connectivity index (χ0v) is 23.5. The fourth-order valence-electron chi connectivity index (χ4n) is 5.13. The number of hydrogen-bond acceptors (Lipinski definition) is 9. The molecule has 2 aliphatic rings. The molecule has 6 rings (SSSR count). The number of fused-ring (bicyclic) bond motifs is 1. The number of halogens is 1. The van der Waals surface area contributed by atoms with Gasteiger partial charge in [0, 0.05) is 49.7 Å². The number of rotatable bonds is 5. The van der Waals surface area contributed by atoms with E-state index in [0.717, 1.165) is 59.8 Å². The number of aromatic amines is 1.